The molecule has 0 saturated carbocycles. The zero-order valence-corrected chi connectivity index (χ0v) is 16.4. The smallest absolute Gasteiger partial charge is 0.172 e. The lowest BCUT2D eigenvalue weighted by Crippen LogP contribution is -2.49. The number of anilines is 3. The molecule has 4 heterocycles. The Morgan fingerprint density at radius 3 is 2.61 bits per heavy atom. The minimum absolute atomic E-state index is 0.432. The second-order valence-electron chi connectivity index (χ2n) is 7.86. The van der Waals surface area contributed by atoms with Gasteiger partial charge in [0.25, 0.3) is 0 Å². The van der Waals surface area contributed by atoms with E-state index in [0.717, 1.165) is 48.1 Å². The Labute approximate surface area is 165 Å². The van der Waals surface area contributed by atoms with Crippen molar-refractivity contribution in [3.63, 3.8) is 0 Å². The summed E-state index contributed by atoms with van der Waals surface area (Å²) in [5.74, 6) is 3.59. The molecule has 2 unspecified atom stereocenters. The summed E-state index contributed by atoms with van der Waals surface area (Å²) < 4.78 is 0. The Hall–Kier alpha value is -2.96. The average molecular weight is 375 g/mol. The van der Waals surface area contributed by atoms with Crippen molar-refractivity contribution in [2.24, 2.45) is 5.92 Å². The van der Waals surface area contributed by atoms with Gasteiger partial charge in [0.05, 0.1) is 23.3 Å². The second kappa shape index (κ2) is 6.89. The van der Waals surface area contributed by atoms with E-state index in [4.69, 9.17) is 4.98 Å². The molecule has 0 radical (unpaired) electrons. The molecule has 2 aliphatic rings. The SMILES string of the molecule is CN(C)c1nccnc1N1CCC2CCN(c3cnc4ccccc4n3)C2C1. The first kappa shape index (κ1) is 17.2. The fourth-order valence-corrected chi connectivity index (χ4v) is 4.57. The van der Waals surface area contributed by atoms with Crippen LogP contribution in [0.25, 0.3) is 11.0 Å². The van der Waals surface area contributed by atoms with Crippen molar-refractivity contribution >= 4 is 28.5 Å². The van der Waals surface area contributed by atoms with Gasteiger partial charge in [-0.1, -0.05) is 12.1 Å². The van der Waals surface area contributed by atoms with Crippen LogP contribution in [0.5, 0.6) is 0 Å². The molecule has 0 bridgehead atoms. The van der Waals surface area contributed by atoms with Crippen molar-refractivity contribution in [3.8, 4) is 0 Å². The zero-order chi connectivity index (χ0) is 19.1. The van der Waals surface area contributed by atoms with Crippen LogP contribution in [-0.4, -0.2) is 59.7 Å². The van der Waals surface area contributed by atoms with Crippen molar-refractivity contribution < 1.29 is 0 Å². The molecule has 7 nitrogen and oxygen atoms in total. The summed E-state index contributed by atoms with van der Waals surface area (Å²) in [5, 5.41) is 0. The molecule has 7 heteroatoms. The van der Waals surface area contributed by atoms with Gasteiger partial charge in [0.15, 0.2) is 11.6 Å². The van der Waals surface area contributed by atoms with Gasteiger partial charge >= 0.3 is 0 Å². The van der Waals surface area contributed by atoms with E-state index in [2.05, 4.69) is 24.8 Å². The molecule has 28 heavy (non-hydrogen) atoms. The molecular weight excluding hydrogens is 350 g/mol. The Morgan fingerprint density at radius 1 is 0.964 bits per heavy atom. The van der Waals surface area contributed by atoms with Crippen LogP contribution >= 0.6 is 0 Å². The fraction of sp³-hybridized carbons (Fsp3) is 0.429. The van der Waals surface area contributed by atoms with Crippen molar-refractivity contribution in [3.05, 3.63) is 42.9 Å². The van der Waals surface area contributed by atoms with Crippen LogP contribution in [0, 0.1) is 5.92 Å². The third kappa shape index (κ3) is 2.91. The van der Waals surface area contributed by atoms with Crippen LogP contribution in [0.3, 0.4) is 0 Å². The number of aromatic nitrogens is 4. The second-order valence-corrected chi connectivity index (χ2v) is 7.86. The lowest BCUT2D eigenvalue weighted by Gasteiger charge is -2.40. The zero-order valence-electron chi connectivity index (χ0n) is 16.4. The molecule has 0 amide bonds. The monoisotopic (exact) mass is 375 g/mol. The number of piperidine rings is 1. The van der Waals surface area contributed by atoms with E-state index in [1.165, 1.54) is 12.8 Å². The Balaban J connectivity index is 1.44. The number of nitrogens with zero attached hydrogens (tertiary/aromatic N) is 7. The highest BCUT2D eigenvalue weighted by Crippen LogP contribution is 2.37. The van der Waals surface area contributed by atoms with Gasteiger partial charge in [-0.25, -0.2) is 15.0 Å². The summed E-state index contributed by atoms with van der Waals surface area (Å²) in [6.45, 7) is 3.01. The van der Waals surface area contributed by atoms with Crippen LogP contribution in [0.4, 0.5) is 17.5 Å². The molecule has 2 saturated heterocycles. The van der Waals surface area contributed by atoms with Crippen LogP contribution in [0.15, 0.2) is 42.9 Å². The first-order valence-electron chi connectivity index (χ1n) is 9.92. The molecule has 5 rings (SSSR count). The predicted octanol–water partition coefficient (Wildman–Crippen LogP) is 2.59. The molecule has 2 atom stereocenters. The van der Waals surface area contributed by atoms with Gasteiger partial charge in [0, 0.05) is 46.1 Å². The lowest BCUT2D eigenvalue weighted by atomic mass is 9.92. The first-order chi connectivity index (χ1) is 13.7. The summed E-state index contributed by atoms with van der Waals surface area (Å²) in [5.41, 5.74) is 1.90. The first-order valence-corrected chi connectivity index (χ1v) is 9.92. The summed E-state index contributed by atoms with van der Waals surface area (Å²) in [6.07, 6.45) is 7.87. The molecule has 2 aliphatic heterocycles. The number of hydrogen-bond acceptors (Lipinski definition) is 7. The van der Waals surface area contributed by atoms with Crippen LogP contribution < -0.4 is 14.7 Å². The van der Waals surface area contributed by atoms with Gasteiger partial charge in [-0.3, -0.25) is 4.98 Å². The van der Waals surface area contributed by atoms with Gasteiger partial charge in [-0.15, -0.1) is 0 Å². The maximum absolute atomic E-state index is 4.90. The van der Waals surface area contributed by atoms with Crippen LogP contribution in [-0.2, 0) is 0 Å². The van der Waals surface area contributed by atoms with Crippen molar-refractivity contribution in [1.82, 2.24) is 19.9 Å². The third-order valence-electron chi connectivity index (χ3n) is 5.98. The summed E-state index contributed by atoms with van der Waals surface area (Å²) in [4.78, 5) is 25.6. The van der Waals surface area contributed by atoms with Crippen molar-refractivity contribution in [1.29, 1.82) is 0 Å². The number of fused-ring (bicyclic) bond motifs is 2. The largest absolute Gasteiger partial charge is 0.360 e. The van der Waals surface area contributed by atoms with Crippen molar-refractivity contribution in [2.45, 2.75) is 18.9 Å². The van der Waals surface area contributed by atoms with Gasteiger partial charge in [-0.05, 0) is 30.9 Å². The minimum Gasteiger partial charge on any atom is -0.360 e. The maximum atomic E-state index is 4.90. The summed E-state index contributed by atoms with van der Waals surface area (Å²) in [6, 6.07) is 8.51. The van der Waals surface area contributed by atoms with Gasteiger partial charge < -0.3 is 14.7 Å². The molecule has 0 N–H and O–H groups in total. The minimum atomic E-state index is 0.432. The highest BCUT2D eigenvalue weighted by atomic mass is 15.3. The normalized spacial score (nSPS) is 21.8. The average Bonchev–Trinajstić information content (AvgIpc) is 3.16. The molecule has 3 aromatic rings. The molecule has 2 aromatic heterocycles. The van der Waals surface area contributed by atoms with Crippen molar-refractivity contribution in [2.75, 3.05) is 48.4 Å². The van der Waals surface area contributed by atoms with Gasteiger partial charge in [-0.2, -0.15) is 0 Å². The highest BCUT2D eigenvalue weighted by molar-refractivity contribution is 5.75. The molecule has 2 fully saturated rings. The summed E-state index contributed by atoms with van der Waals surface area (Å²) in [7, 11) is 4.04. The van der Waals surface area contributed by atoms with E-state index in [-0.39, 0.29) is 0 Å². The van der Waals surface area contributed by atoms with Crippen LogP contribution in [0.1, 0.15) is 12.8 Å². The molecule has 144 valence electrons. The van der Waals surface area contributed by atoms with E-state index in [9.17, 15) is 0 Å². The molecular formula is C21H25N7. The third-order valence-corrected chi connectivity index (χ3v) is 5.98. The molecule has 0 aliphatic carbocycles. The van der Waals surface area contributed by atoms with E-state index >= 15 is 0 Å². The Kier molecular flexibility index (Phi) is 4.22. The lowest BCUT2D eigenvalue weighted by molar-refractivity contribution is 0.388. The van der Waals surface area contributed by atoms with E-state index < -0.39 is 0 Å². The number of rotatable bonds is 3. The van der Waals surface area contributed by atoms with E-state index in [0.29, 0.717) is 12.0 Å². The number of benzene rings is 1. The van der Waals surface area contributed by atoms with E-state index in [1.54, 1.807) is 12.4 Å². The van der Waals surface area contributed by atoms with Gasteiger partial charge in [0.2, 0.25) is 0 Å². The number of hydrogen-bond donors (Lipinski definition) is 0. The van der Waals surface area contributed by atoms with Gasteiger partial charge in [0.1, 0.15) is 5.82 Å². The summed E-state index contributed by atoms with van der Waals surface area (Å²) >= 11 is 0. The Morgan fingerprint density at radius 2 is 1.75 bits per heavy atom. The fourth-order valence-electron chi connectivity index (χ4n) is 4.57. The number of para-hydroxylation sites is 2. The predicted molar refractivity (Wildman–Crippen MR) is 112 cm³/mol. The molecule has 0 spiro atoms. The quantitative estimate of drug-likeness (QED) is 0.697. The topological polar surface area (TPSA) is 61.3 Å². The standard InChI is InChI=1S/C21H25N7/c1-26(2)20-21(23-10-9-22-20)27-11-7-15-8-12-28(18(15)14-27)19-13-24-16-5-3-4-6-17(16)25-19/h3-6,9-10,13,15,18H,7-8,11-12,14H2,1-2H3. The maximum Gasteiger partial charge on any atom is 0.172 e. The highest BCUT2D eigenvalue weighted by Gasteiger charge is 2.40. The van der Waals surface area contributed by atoms with E-state index in [1.807, 2.05) is 49.5 Å². The Bertz CT molecular complexity index is 989. The van der Waals surface area contributed by atoms with Crippen LogP contribution in [0.2, 0.25) is 0 Å². The molecule has 1 aromatic carbocycles.